The van der Waals surface area contributed by atoms with Crippen LogP contribution in [0.5, 0.6) is 0 Å². The molecular weight excluding hydrogens is 250 g/mol. The summed E-state index contributed by atoms with van der Waals surface area (Å²) in [5.41, 5.74) is 2.75. The van der Waals surface area contributed by atoms with Crippen LogP contribution in [-0.2, 0) is 14.9 Å². The normalized spacial score (nSPS) is 13.1. The number of carbonyl (C=O) groups excluding carboxylic acids is 1. The van der Waals surface area contributed by atoms with Gasteiger partial charge in [-0.3, -0.25) is 4.79 Å². The molecule has 0 aromatic heterocycles. The molecule has 0 aliphatic heterocycles. The van der Waals surface area contributed by atoms with Crippen LogP contribution in [-0.4, -0.2) is 19.1 Å². The van der Waals surface area contributed by atoms with E-state index in [1.54, 1.807) is 0 Å². The van der Waals surface area contributed by atoms with Crippen LogP contribution in [0.25, 0.3) is 0 Å². The first-order valence-electron chi connectivity index (χ1n) is 7.34. The Hall–Kier alpha value is -1.35. The van der Waals surface area contributed by atoms with Crippen molar-refractivity contribution < 1.29 is 9.53 Å². The lowest BCUT2D eigenvalue weighted by molar-refractivity contribution is -0.143. The van der Waals surface area contributed by atoms with Crippen LogP contribution in [0.3, 0.4) is 0 Å². The van der Waals surface area contributed by atoms with Crippen LogP contribution < -0.4 is 5.32 Å². The molecule has 0 aliphatic carbocycles. The van der Waals surface area contributed by atoms with E-state index in [0.717, 1.165) is 0 Å². The van der Waals surface area contributed by atoms with Crippen LogP contribution in [0.2, 0.25) is 0 Å². The Labute approximate surface area is 122 Å². The molecule has 20 heavy (non-hydrogen) atoms. The van der Waals surface area contributed by atoms with Crippen LogP contribution in [0.4, 0.5) is 0 Å². The van der Waals surface area contributed by atoms with Crippen LogP contribution in [0.1, 0.15) is 58.2 Å². The smallest absolute Gasteiger partial charge is 0.307 e. The van der Waals surface area contributed by atoms with Gasteiger partial charge in [0.05, 0.1) is 13.0 Å². The number of benzene rings is 1. The summed E-state index contributed by atoms with van der Waals surface area (Å²) in [6, 6.07) is 8.90. The molecule has 0 heterocycles. The van der Waals surface area contributed by atoms with E-state index in [1.165, 1.54) is 11.1 Å². The SMILES string of the molecule is CCOC(=O)CCNC(C)c1ccc(C(C)(C)C)cc1. The molecule has 0 saturated heterocycles. The van der Waals surface area contributed by atoms with Gasteiger partial charge < -0.3 is 10.1 Å². The average Bonchev–Trinajstić information content (AvgIpc) is 2.38. The number of hydrogen-bond acceptors (Lipinski definition) is 3. The summed E-state index contributed by atoms with van der Waals surface area (Å²) in [6.07, 6.45) is 0.415. The Morgan fingerprint density at radius 3 is 2.35 bits per heavy atom. The van der Waals surface area contributed by atoms with Gasteiger partial charge in [0.2, 0.25) is 0 Å². The van der Waals surface area contributed by atoms with Crippen molar-refractivity contribution in [3.63, 3.8) is 0 Å². The highest BCUT2D eigenvalue weighted by molar-refractivity contribution is 5.69. The third-order valence-electron chi connectivity index (χ3n) is 3.36. The second-order valence-corrected chi connectivity index (χ2v) is 6.10. The van der Waals surface area contributed by atoms with Crippen LogP contribution >= 0.6 is 0 Å². The predicted molar refractivity (Wildman–Crippen MR) is 82.8 cm³/mol. The minimum atomic E-state index is -0.143. The zero-order chi connectivity index (χ0) is 15.2. The number of rotatable bonds is 6. The van der Waals surface area contributed by atoms with Crippen LogP contribution in [0.15, 0.2) is 24.3 Å². The summed E-state index contributed by atoms with van der Waals surface area (Å²) < 4.78 is 4.90. The fourth-order valence-electron chi connectivity index (χ4n) is 2.01. The maximum atomic E-state index is 11.3. The topological polar surface area (TPSA) is 38.3 Å². The molecular formula is C17H27NO2. The Morgan fingerprint density at radius 2 is 1.85 bits per heavy atom. The monoisotopic (exact) mass is 277 g/mol. The maximum Gasteiger partial charge on any atom is 0.307 e. The van der Waals surface area contributed by atoms with E-state index < -0.39 is 0 Å². The number of esters is 1. The van der Waals surface area contributed by atoms with E-state index in [4.69, 9.17) is 4.74 Å². The molecule has 3 nitrogen and oxygen atoms in total. The lowest BCUT2D eigenvalue weighted by atomic mass is 9.86. The molecule has 3 heteroatoms. The summed E-state index contributed by atoms with van der Waals surface area (Å²) in [4.78, 5) is 11.3. The van der Waals surface area contributed by atoms with Gasteiger partial charge in [-0.2, -0.15) is 0 Å². The molecule has 112 valence electrons. The first-order chi connectivity index (χ1) is 9.34. The third-order valence-corrected chi connectivity index (χ3v) is 3.36. The van der Waals surface area contributed by atoms with Crippen molar-refractivity contribution in [2.45, 2.75) is 52.5 Å². The van der Waals surface area contributed by atoms with Crippen molar-refractivity contribution in [3.8, 4) is 0 Å². The molecule has 1 rings (SSSR count). The van der Waals surface area contributed by atoms with Gasteiger partial charge in [-0.05, 0) is 30.4 Å². The minimum Gasteiger partial charge on any atom is -0.466 e. The molecule has 1 unspecified atom stereocenters. The van der Waals surface area contributed by atoms with Gasteiger partial charge in [0.1, 0.15) is 0 Å². The highest BCUT2D eigenvalue weighted by Crippen LogP contribution is 2.23. The molecule has 0 aliphatic rings. The van der Waals surface area contributed by atoms with Gasteiger partial charge in [0.25, 0.3) is 0 Å². The number of carbonyl (C=O) groups is 1. The number of hydrogen-bond donors (Lipinski definition) is 1. The molecule has 0 amide bonds. The molecule has 0 radical (unpaired) electrons. The van der Waals surface area contributed by atoms with Gasteiger partial charge in [0.15, 0.2) is 0 Å². The molecule has 1 N–H and O–H groups in total. The fourth-order valence-corrected chi connectivity index (χ4v) is 2.01. The van der Waals surface area contributed by atoms with E-state index in [2.05, 4.69) is 57.3 Å². The molecule has 0 bridgehead atoms. The van der Waals surface area contributed by atoms with Gasteiger partial charge in [-0.25, -0.2) is 0 Å². The molecule has 0 fully saturated rings. The second kappa shape index (κ2) is 7.44. The van der Waals surface area contributed by atoms with Crippen molar-refractivity contribution >= 4 is 5.97 Å². The zero-order valence-corrected chi connectivity index (χ0v) is 13.3. The summed E-state index contributed by atoms with van der Waals surface area (Å²) in [6.45, 7) is 11.7. The number of ether oxygens (including phenoxy) is 1. The molecule has 0 spiro atoms. The minimum absolute atomic E-state index is 0.143. The summed E-state index contributed by atoms with van der Waals surface area (Å²) in [7, 11) is 0. The van der Waals surface area contributed by atoms with E-state index in [0.29, 0.717) is 19.6 Å². The van der Waals surface area contributed by atoms with E-state index in [1.807, 2.05) is 6.92 Å². The fraction of sp³-hybridized carbons (Fsp3) is 0.588. The van der Waals surface area contributed by atoms with Gasteiger partial charge in [-0.15, -0.1) is 0 Å². The molecule has 0 saturated carbocycles. The first kappa shape index (κ1) is 16.7. The maximum absolute atomic E-state index is 11.3. The largest absolute Gasteiger partial charge is 0.466 e. The average molecular weight is 277 g/mol. The van der Waals surface area contributed by atoms with E-state index in [9.17, 15) is 4.79 Å². The van der Waals surface area contributed by atoms with Crippen molar-refractivity contribution in [3.05, 3.63) is 35.4 Å². The predicted octanol–water partition coefficient (Wildman–Crippen LogP) is 3.59. The van der Waals surface area contributed by atoms with Crippen LogP contribution in [0, 0.1) is 0 Å². The second-order valence-electron chi connectivity index (χ2n) is 6.10. The van der Waals surface area contributed by atoms with Crippen molar-refractivity contribution in [1.82, 2.24) is 5.32 Å². The Bertz CT molecular complexity index is 418. The highest BCUT2D eigenvalue weighted by Gasteiger charge is 2.14. The van der Waals surface area contributed by atoms with Gasteiger partial charge >= 0.3 is 5.97 Å². The summed E-state index contributed by atoms with van der Waals surface area (Å²) >= 11 is 0. The Balaban J connectivity index is 2.48. The quantitative estimate of drug-likeness (QED) is 0.808. The standard InChI is InChI=1S/C17H27NO2/c1-6-20-16(19)11-12-18-13(2)14-7-9-15(10-8-14)17(3,4)5/h7-10,13,18H,6,11-12H2,1-5H3. The molecule has 1 atom stereocenters. The van der Waals surface area contributed by atoms with Crippen molar-refractivity contribution in [1.29, 1.82) is 0 Å². The lowest BCUT2D eigenvalue weighted by Crippen LogP contribution is -2.23. The molecule has 1 aromatic rings. The number of nitrogens with one attached hydrogen (secondary N) is 1. The summed E-state index contributed by atoms with van der Waals surface area (Å²) in [5.74, 6) is -0.143. The highest BCUT2D eigenvalue weighted by atomic mass is 16.5. The Morgan fingerprint density at radius 1 is 1.25 bits per heavy atom. The lowest BCUT2D eigenvalue weighted by Gasteiger charge is -2.20. The van der Waals surface area contributed by atoms with E-state index in [-0.39, 0.29) is 17.4 Å². The zero-order valence-electron chi connectivity index (χ0n) is 13.3. The first-order valence-corrected chi connectivity index (χ1v) is 7.34. The summed E-state index contributed by atoms with van der Waals surface area (Å²) in [5, 5.41) is 3.35. The van der Waals surface area contributed by atoms with E-state index >= 15 is 0 Å². The third kappa shape index (κ3) is 5.33. The van der Waals surface area contributed by atoms with Crippen molar-refractivity contribution in [2.75, 3.05) is 13.2 Å². The van der Waals surface area contributed by atoms with Gasteiger partial charge in [0, 0.05) is 12.6 Å². The van der Waals surface area contributed by atoms with Gasteiger partial charge in [-0.1, -0.05) is 45.0 Å². The Kier molecular flexibility index (Phi) is 6.21. The van der Waals surface area contributed by atoms with Crippen molar-refractivity contribution in [2.24, 2.45) is 0 Å². The molecule has 1 aromatic carbocycles.